The minimum absolute atomic E-state index is 0.0988. The Hall–Kier alpha value is -1.34. The van der Waals surface area contributed by atoms with Gasteiger partial charge in [-0.25, -0.2) is 19.0 Å². The summed E-state index contributed by atoms with van der Waals surface area (Å²) >= 11 is 2.50. The molecule has 0 aliphatic heterocycles. The molecule has 2 heterocycles. The molecule has 0 spiro atoms. The molecule has 5 N–H and O–H groups in total. The van der Waals surface area contributed by atoms with E-state index < -0.39 is 10.0 Å². The fourth-order valence-electron chi connectivity index (χ4n) is 0.806. The van der Waals surface area contributed by atoms with Gasteiger partial charge in [-0.3, -0.25) is 0 Å². The van der Waals surface area contributed by atoms with Crippen LogP contribution in [0.5, 0.6) is 0 Å². The third-order valence-corrected chi connectivity index (χ3v) is 5.04. The molecule has 0 bridgehead atoms. The van der Waals surface area contributed by atoms with Crippen LogP contribution in [0.1, 0.15) is 0 Å². The largest absolute Gasteiger partial charge is 0.267 e. The molecule has 0 unspecified atom stereocenters. The zero-order valence-corrected chi connectivity index (χ0v) is 12.9. The van der Waals surface area contributed by atoms with Crippen LogP contribution >= 0.6 is 34.7 Å². The molecule has 0 aliphatic rings. The standard InChI is InChI=1S/C4H5N9O4S4/c5-16-17-20-3-11-7-1(18-3)9-13-10-2-8-12-4(19-2)21(6,14)15/h5H2,(H2,6,14,15)(H,7,8,9,10). The summed E-state index contributed by atoms with van der Waals surface area (Å²) in [5.74, 6) is 4.66. The Kier molecular flexibility index (Phi) is 5.41. The van der Waals surface area contributed by atoms with Gasteiger partial charge >= 0.3 is 0 Å². The molecule has 0 saturated carbocycles. The molecule has 13 nitrogen and oxygen atoms in total. The van der Waals surface area contributed by atoms with E-state index in [9.17, 15) is 8.42 Å². The summed E-state index contributed by atoms with van der Waals surface area (Å²) in [5.41, 5.74) is 2.38. The smallest absolute Gasteiger partial charge is 0.232 e. The highest BCUT2D eigenvalue weighted by Crippen LogP contribution is 2.28. The summed E-state index contributed by atoms with van der Waals surface area (Å²) in [6.07, 6.45) is 0. The lowest BCUT2D eigenvalue weighted by molar-refractivity contribution is -0.195. The number of primary sulfonamides is 1. The number of sulfonamides is 1. The topological polar surface area (TPSA) is 193 Å². The Morgan fingerprint density at radius 3 is 2.71 bits per heavy atom. The number of aromatic nitrogens is 4. The van der Waals surface area contributed by atoms with Crippen molar-refractivity contribution in [1.82, 2.24) is 20.4 Å². The van der Waals surface area contributed by atoms with E-state index in [0.717, 1.165) is 23.4 Å². The molecule has 2 rings (SSSR count). The van der Waals surface area contributed by atoms with Gasteiger partial charge in [0.05, 0.1) is 0 Å². The summed E-state index contributed by atoms with van der Waals surface area (Å²) in [6.45, 7) is 0. The lowest BCUT2D eigenvalue weighted by atomic mass is 11.3. The fraction of sp³-hybridized carbons (Fsp3) is 0. The van der Waals surface area contributed by atoms with Gasteiger partial charge < -0.3 is 0 Å². The quantitative estimate of drug-likeness (QED) is 0.256. The molecule has 0 amide bonds. The first-order chi connectivity index (χ1) is 9.99. The first-order valence-electron chi connectivity index (χ1n) is 4.55. The average molecular weight is 371 g/mol. The number of anilines is 1. The Morgan fingerprint density at radius 2 is 2.05 bits per heavy atom. The van der Waals surface area contributed by atoms with E-state index in [4.69, 9.17) is 5.14 Å². The van der Waals surface area contributed by atoms with Crippen LogP contribution in [-0.4, -0.2) is 28.8 Å². The number of nitrogens with two attached hydrogens (primary N) is 2. The molecule has 0 fully saturated rings. The molecule has 0 radical (unpaired) electrons. The zero-order chi connectivity index (χ0) is 15.3. The highest BCUT2D eigenvalue weighted by atomic mass is 32.2. The maximum Gasteiger partial charge on any atom is 0.267 e. The number of hydrogen-bond donors (Lipinski definition) is 3. The SMILES string of the molecule is NOOSc1nnc(N=NNc2nnc(S(N)(=O)=O)s2)s1. The Labute approximate surface area is 128 Å². The maximum absolute atomic E-state index is 11.0. The third kappa shape index (κ3) is 4.86. The highest BCUT2D eigenvalue weighted by molar-refractivity contribution is 7.96. The van der Waals surface area contributed by atoms with Crippen molar-refractivity contribution in [1.29, 1.82) is 0 Å². The molecule has 0 atom stereocenters. The molecular formula is C4H5N9O4S4. The third-order valence-electron chi connectivity index (χ3n) is 1.47. The van der Waals surface area contributed by atoms with Gasteiger partial charge in [0.2, 0.25) is 13.8 Å². The van der Waals surface area contributed by atoms with Crippen molar-refractivity contribution in [2.75, 3.05) is 5.43 Å². The van der Waals surface area contributed by atoms with E-state index in [-0.39, 0.29) is 14.6 Å². The van der Waals surface area contributed by atoms with Crippen molar-refractivity contribution < 1.29 is 17.7 Å². The Morgan fingerprint density at radius 1 is 1.24 bits per heavy atom. The van der Waals surface area contributed by atoms with Crippen molar-refractivity contribution in [2.45, 2.75) is 8.68 Å². The zero-order valence-electron chi connectivity index (χ0n) is 9.60. The fourth-order valence-corrected chi connectivity index (χ4v) is 3.09. The molecule has 2 aromatic heterocycles. The lowest BCUT2D eigenvalue weighted by Gasteiger charge is -1.88. The lowest BCUT2D eigenvalue weighted by Crippen LogP contribution is -2.11. The van der Waals surface area contributed by atoms with Gasteiger partial charge in [-0.15, -0.1) is 29.7 Å². The second-order valence-electron chi connectivity index (χ2n) is 2.83. The second kappa shape index (κ2) is 7.09. The van der Waals surface area contributed by atoms with Crippen LogP contribution < -0.4 is 16.5 Å². The summed E-state index contributed by atoms with van der Waals surface area (Å²) in [7, 11) is -3.89. The number of hydrogen-bond acceptors (Lipinski definition) is 14. The molecule has 21 heavy (non-hydrogen) atoms. The van der Waals surface area contributed by atoms with Crippen molar-refractivity contribution in [2.24, 2.45) is 21.4 Å². The Balaban J connectivity index is 1.93. The van der Waals surface area contributed by atoms with Gasteiger partial charge in [-0.2, -0.15) is 5.90 Å². The van der Waals surface area contributed by atoms with Crippen LogP contribution in [0, 0.1) is 0 Å². The second-order valence-corrected chi connectivity index (χ2v) is 7.44. The summed E-state index contributed by atoms with van der Waals surface area (Å²) in [4.78, 5) is 3.89. The first kappa shape index (κ1) is 16.0. The van der Waals surface area contributed by atoms with Crippen LogP contribution in [0.3, 0.4) is 0 Å². The van der Waals surface area contributed by atoms with Gasteiger partial charge in [0.1, 0.15) is 12.0 Å². The number of nitrogens with one attached hydrogen (secondary N) is 1. The van der Waals surface area contributed by atoms with Gasteiger partial charge in [-0.1, -0.05) is 33.0 Å². The molecule has 17 heteroatoms. The van der Waals surface area contributed by atoms with Crippen molar-refractivity contribution >= 4 is 55.0 Å². The molecule has 0 aromatic carbocycles. The van der Waals surface area contributed by atoms with E-state index in [0.29, 0.717) is 15.7 Å². The van der Waals surface area contributed by atoms with Crippen LogP contribution in [0.4, 0.5) is 10.3 Å². The van der Waals surface area contributed by atoms with E-state index in [1.54, 1.807) is 0 Å². The van der Waals surface area contributed by atoms with Gasteiger partial charge in [0.15, 0.2) is 0 Å². The van der Waals surface area contributed by atoms with Crippen LogP contribution in [0.15, 0.2) is 19.0 Å². The summed E-state index contributed by atoms with van der Waals surface area (Å²) < 4.78 is 26.4. The Bertz CT molecular complexity index is 724. The van der Waals surface area contributed by atoms with E-state index in [1.165, 1.54) is 0 Å². The van der Waals surface area contributed by atoms with Crippen molar-refractivity contribution in [3.63, 3.8) is 0 Å². The molecule has 2 aromatic rings. The minimum Gasteiger partial charge on any atom is -0.232 e. The highest BCUT2D eigenvalue weighted by Gasteiger charge is 2.14. The van der Waals surface area contributed by atoms with Gasteiger partial charge in [-0.05, 0) is 0 Å². The van der Waals surface area contributed by atoms with E-state index in [1.807, 2.05) is 0 Å². The van der Waals surface area contributed by atoms with Gasteiger partial charge in [0, 0.05) is 0 Å². The number of rotatable bonds is 7. The first-order valence-corrected chi connectivity index (χ1v) is 8.48. The molecule has 0 saturated heterocycles. The minimum atomic E-state index is -3.89. The van der Waals surface area contributed by atoms with E-state index >= 15 is 0 Å². The average Bonchev–Trinajstić information content (AvgIpc) is 3.05. The monoisotopic (exact) mass is 371 g/mol. The molecule has 114 valence electrons. The van der Waals surface area contributed by atoms with Crippen molar-refractivity contribution in [3.8, 4) is 0 Å². The summed E-state index contributed by atoms with van der Waals surface area (Å²) in [6, 6.07) is 0. The van der Waals surface area contributed by atoms with Crippen LogP contribution in [-0.2, 0) is 19.3 Å². The van der Waals surface area contributed by atoms with Crippen LogP contribution in [0.25, 0.3) is 0 Å². The molecular weight excluding hydrogens is 366 g/mol. The predicted molar refractivity (Wildman–Crippen MR) is 71.5 cm³/mol. The molecule has 0 aliphatic carbocycles. The van der Waals surface area contributed by atoms with Crippen LogP contribution in [0.2, 0.25) is 0 Å². The predicted octanol–water partition coefficient (Wildman–Crippen LogP) is -0.0232. The van der Waals surface area contributed by atoms with E-state index in [2.05, 4.69) is 51.4 Å². The van der Waals surface area contributed by atoms with Gasteiger partial charge in [0.25, 0.3) is 15.2 Å². The maximum atomic E-state index is 11.0. The summed E-state index contributed by atoms with van der Waals surface area (Å²) in [5, 5.41) is 26.7. The normalized spacial score (nSPS) is 12.1. The number of nitrogens with zero attached hydrogens (tertiary/aromatic N) is 6. The van der Waals surface area contributed by atoms with Crippen molar-refractivity contribution in [3.05, 3.63) is 0 Å².